The number of carbonyl (C=O) groups is 1. The van der Waals surface area contributed by atoms with Gasteiger partial charge in [0.1, 0.15) is 10.1 Å². The van der Waals surface area contributed by atoms with Crippen LogP contribution in [-0.2, 0) is 15.8 Å². The van der Waals surface area contributed by atoms with Gasteiger partial charge in [0.15, 0.2) is 0 Å². The van der Waals surface area contributed by atoms with Gasteiger partial charge in [0.25, 0.3) is 15.9 Å². The third-order valence-corrected chi connectivity index (χ3v) is 8.37. The van der Waals surface area contributed by atoms with Crippen molar-refractivity contribution in [2.24, 2.45) is 0 Å². The van der Waals surface area contributed by atoms with Gasteiger partial charge in [0.05, 0.1) is 4.90 Å². The first-order valence-electron chi connectivity index (χ1n) is 10.8. The van der Waals surface area contributed by atoms with Crippen LogP contribution in [-0.4, -0.2) is 59.6 Å². The number of rotatable bonds is 6. The zero-order valence-electron chi connectivity index (χ0n) is 18.6. The minimum Gasteiger partial charge on any atom is -0.354 e. The van der Waals surface area contributed by atoms with Crippen molar-refractivity contribution in [2.45, 2.75) is 10.6 Å². The number of thioether (sulfide) groups is 1. The lowest BCUT2D eigenvalue weighted by Crippen LogP contribution is -2.49. The number of sulfonamides is 1. The largest absolute Gasteiger partial charge is 0.354 e. The van der Waals surface area contributed by atoms with E-state index in [1.54, 1.807) is 35.0 Å². The summed E-state index contributed by atoms with van der Waals surface area (Å²) in [6.07, 6.45) is 3.56. The van der Waals surface area contributed by atoms with E-state index in [9.17, 15) is 17.6 Å². The number of aromatic nitrogens is 1. The summed E-state index contributed by atoms with van der Waals surface area (Å²) >= 11 is 7.14. The van der Waals surface area contributed by atoms with Crippen molar-refractivity contribution < 1.29 is 17.6 Å². The van der Waals surface area contributed by atoms with E-state index in [4.69, 9.17) is 12.2 Å². The summed E-state index contributed by atoms with van der Waals surface area (Å²) < 4.78 is 41.5. The molecule has 1 aromatic heterocycles. The number of nitrogens with zero attached hydrogens (tertiary/aromatic N) is 3. The van der Waals surface area contributed by atoms with E-state index in [1.807, 2.05) is 18.3 Å². The van der Waals surface area contributed by atoms with Crippen molar-refractivity contribution in [3.8, 4) is 0 Å². The average molecular weight is 531 g/mol. The number of anilines is 1. The number of piperazine rings is 1. The van der Waals surface area contributed by atoms with E-state index in [0.29, 0.717) is 31.7 Å². The van der Waals surface area contributed by atoms with Crippen molar-refractivity contribution in [2.75, 3.05) is 30.9 Å². The standard InChI is InChI=1S/C24H23FN4O3S3/c25-20-4-1-5-22(15-20)35(31,32)27-21-8-6-19(7-9-21)23(30)28-11-13-29(14-12-28)24(33)34-17-18-3-2-10-26-16-18/h1-10,15-16,27H,11-14,17H2. The van der Waals surface area contributed by atoms with Gasteiger partial charge in [-0.25, -0.2) is 12.8 Å². The monoisotopic (exact) mass is 530 g/mol. The normalized spacial score (nSPS) is 14.0. The van der Waals surface area contributed by atoms with Crippen LogP contribution in [0.2, 0.25) is 0 Å². The minimum atomic E-state index is -3.93. The molecule has 2 heterocycles. The molecule has 0 unspecified atom stereocenters. The summed E-state index contributed by atoms with van der Waals surface area (Å²) in [5, 5.41) is 0. The van der Waals surface area contributed by atoms with Gasteiger partial charge >= 0.3 is 0 Å². The molecule has 1 N–H and O–H groups in total. The van der Waals surface area contributed by atoms with Gasteiger partial charge in [-0.3, -0.25) is 14.5 Å². The Morgan fingerprint density at radius 2 is 1.74 bits per heavy atom. The SMILES string of the molecule is O=C(c1ccc(NS(=O)(=O)c2cccc(F)c2)cc1)N1CCN(C(=S)SCc2cccnc2)CC1. The molecule has 0 radical (unpaired) electrons. The maximum absolute atomic E-state index is 13.4. The van der Waals surface area contributed by atoms with Gasteiger partial charge in [-0.2, -0.15) is 0 Å². The zero-order chi connectivity index (χ0) is 24.8. The predicted molar refractivity (Wildman–Crippen MR) is 139 cm³/mol. The number of pyridine rings is 1. The molecule has 0 aliphatic carbocycles. The van der Waals surface area contributed by atoms with Crippen LogP contribution in [0.25, 0.3) is 0 Å². The number of amides is 1. The Labute approximate surface area is 213 Å². The molecule has 182 valence electrons. The number of thiocarbonyl (C=S) groups is 1. The van der Waals surface area contributed by atoms with Crippen molar-refractivity contribution in [1.29, 1.82) is 0 Å². The summed E-state index contributed by atoms with van der Waals surface area (Å²) in [7, 11) is -3.93. The van der Waals surface area contributed by atoms with E-state index in [1.165, 1.54) is 30.3 Å². The fourth-order valence-corrected chi connectivity index (χ4v) is 5.80. The lowest BCUT2D eigenvalue weighted by molar-refractivity contribution is 0.0695. The Balaban J connectivity index is 1.29. The molecule has 2 aromatic carbocycles. The van der Waals surface area contributed by atoms with E-state index in [2.05, 4.69) is 14.6 Å². The predicted octanol–water partition coefficient (Wildman–Crippen LogP) is 4.00. The highest BCUT2D eigenvalue weighted by molar-refractivity contribution is 8.22. The van der Waals surface area contributed by atoms with Gasteiger partial charge in [-0.15, -0.1) is 0 Å². The molecule has 1 fully saturated rings. The first-order chi connectivity index (χ1) is 16.8. The lowest BCUT2D eigenvalue weighted by atomic mass is 10.1. The molecule has 0 spiro atoms. The van der Waals surface area contributed by atoms with Crippen LogP contribution >= 0.6 is 24.0 Å². The summed E-state index contributed by atoms with van der Waals surface area (Å²) in [6.45, 7) is 2.38. The molecule has 1 aliphatic rings. The molecular weight excluding hydrogens is 507 g/mol. The van der Waals surface area contributed by atoms with Crippen molar-refractivity contribution in [3.05, 3.63) is 90.0 Å². The molecule has 1 saturated heterocycles. The van der Waals surface area contributed by atoms with E-state index >= 15 is 0 Å². The third kappa shape index (κ3) is 6.56. The number of halogens is 1. The number of benzene rings is 2. The molecule has 7 nitrogen and oxygen atoms in total. The van der Waals surface area contributed by atoms with Crippen LogP contribution in [0.4, 0.5) is 10.1 Å². The summed E-state index contributed by atoms with van der Waals surface area (Å²) in [5.74, 6) is -0.0129. The van der Waals surface area contributed by atoms with Gasteiger partial charge in [0, 0.05) is 55.6 Å². The fourth-order valence-electron chi connectivity index (χ4n) is 3.52. The highest BCUT2D eigenvalue weighted by Crippen LogP contribution is 2.20. The Bertz CT molecular complexity index is 1300. The topological polar surface area (TPSA) is 82.6 Å². The van der Waals surface area contributed by atoms with Crippen LogP contribution in [0.1, 0.15) is 15.9 Å². The van der Waals surface area contributed by atoms with Gasteiger partial charge < -0.3 is 9.80 Å². The molecule has 1 amide bonds. The highest BCUT2D eigenvalue weighted by atomic mass is 32.2. The van der Waals surface area contributed by atoms with Crippen LogP contribution in [0, 0.1) is 5.82 Å². The maximum atomic E-state index is 13.4. The third-order valence-electron chi connectivity index (χ3n) is 5.40. The number of hydrogen-bond acceptors (Lipinski definition) is 6. The zero-order valence-corrected chi connectivity index (χ0v) is 21.1. The van der Waals surface area contributed by atoms with Crippen LogP contribution in [0.15, 0.2) is 78.0 Å². The molecule has 3 aromatic rings. The summed E-state index contributed by atoms with van der Waals surface area (Å²) in [6, 6.07) is 14.9. The first kappa shape index (κ1) is 25.1. The average Bonchev–Trinajstić information content (AvgIpc) is 2.88. The molecule has 1 aliphatic heterocycles. The van der Waals surface area contributed by atoms with Crippen molar-refractivity contribution in [3.63, 3.8) is 0 Å². The molecule has 11 heteroatoms. The Hall–Kier alpha value is -3.02. The summed E-state index contributed by atoms with van der Waals surface area (Å²) in [5.41, 5.74) is 1.85. The molecular formula is C24H23FN4O3S3. The van der Waals surface area contributed by atoms with Crippen LogP contribution in [0.3, 0.4) is 0 Å². The molecule has 35 heavy (non-hydrogen) atoms. The van der Waals surface area contributed by atoms with Crippen LogP contribution in [0.5, 0.6) is 0 Å². The Kier molecular flexibility index (Phi) is 7.99. The molecule has 0 saturated carbocycles. The van der Waals surface area contributed by atoms with Crippen molar-refractivity contribution >= 4 is 49.9 Å². The Morgan fingerprint density at radius 3 is 2.40 bits per heavy atom. The maximum Gasteiger partial charge on any atom is 0.261 e. The fraction of sp³-hybridized carbons (Fsp3) is 0.208. The quantitative estimate of drug-likeness (QED) is 0.483. The van der Waals surface area contributed by atoms with Gasteiger partial charge in [-0.1, -0.05) is 36.1 Å². The van der Waals surface area contributed by atoms with Crippen molar-refractivity contribution in [1.82, 2.24) is 14.8 Å². The smallest absolute Gasteiger partial charge is 0.261 e. The van der Waals surface area contributed by atoms with Gasteiger partial charge in [-0.05, 0) is 54.1 Å². The second-order valence-corrected chi connectivity index (χ2v) is 11.1. The van der Waals surface area contributed by atoms with Gasteiger partial charge in [0.2, 0.25) is 0 Å². The number of hydrogen-bond donors (Lipinski definition) is 1. The summed E-state index contributed by atoms with van der Waals surface area (Å²) in [4.78, 5) is 20.7. The van der Waals surface area contributed by atoms with E-state index < -0.39 is 15.8 Å². The Morgan fingerprint density at radius 1 is 1.03 bits per heavy atom. The second-order valence-electron chi connectivity index (χ2n) is 7.84. The lowest BCUT2D eigenvalue weighted by Gasteiger charge is -2.36. The number of nitrogens with one attached hydrogen (secondary N) is 1. The molecule has 0 bridgehead atoms. The van der Waals surface area contributed by atoms with Crippen LogP contribution < -0.4 is 4.72 Å². The number of carbonyl (C=O) groups excluding carboxylic acids is 1. The van der Waals surface area contributed by atoms with E-state index in [0.717, 1.165) is 21.7 Å². The second kappa shape index (κ2) is 11.1. The molecule has 0 atom stereocenters. The highest BCUT2D eigenvalue weighted by Gasteiger charge is 2.24. The minimum absolute atomic E-state index is 0.127. The molecule has 4 rings (SSSR count). The first-order valence-corrected chi connectivity index (χ1v) is 13.7. The van der Waals surface area contributed by atoms with E-state index in [-0.39, 0.29) is 16.5 Å².